The van der Waals surface area contributed by atoms with E-state index in [2.05, 4.69) is 10.6 Å². The van der Waals surface area contributed by atoms with Crippen molar-refractivity contribution in [2.24, 2.45) is 0 Å². The monoisotopic (exact) mass is 379 g/mol. The lowest BCUT2D eigenvalue weighted by Gasteiger charge is -2.12. The SMILES string of the molecule is N#C/C(=C/NCCN1C(=O)CSC1=O)C(=O)Nc1ccc(N)c(Cl)c1. The van der Waals surface area contributed by atoms with Crippen LogP contribution in [-0.2, 0) is 9.59 Å². The average molecular weight is 380 g/mol. The summed E-state index contributed by atoms with van der Waals surface area (Å²) in [7, 11) is 0. The van der Waals surface area contributed by atoms with Gasteiger partial charge in [0.15, 0.2) is 0 Å². The molecule has 8 nitrogen and oxygen atoms in total. The lowest BCUT2D eigenvalue weighted by atomic mass is 10.2. The molecule has 0 aliphatic carbocycles. The van der Waals surface area contributed by atoms with Gasteiger partial charge in [0.25, 0.3) is 11.1 Å². The summed E-state index contributed by atoms with van der Waals surface area (Å²) in [6.07, 6.45) is 1.23. The molecule has 1 fully saturated rings. The third-order valence-corrected chi connectivity index (χ3v) is 4.38. The van der Waals surface area contributed by atoms with Crippen molar-refractivity contribution >= 4 is 51.8 Å². The molecule has 0 bridgehead atoms. The Morgan fingerprint density at radius 1 is 1.48 bits per heavy atom. The van der Waals surface area contributed by atoms with Crippen LogP contribution in [0.25, 0.3) is 0 Å². The number of nitrogens with zero attached hydrogens (tertiary/aromatic N) is 2. The predicted molar refractivity (Wildman–Crippen MR) is 95.8 cm³/mol. The van der Waals surface area contributed by atoms with Crippen molar-refractivity contribution in [3.63, 3.8) is 0 Å². The number of nitrogen functional groups attached to an aromatic ring is 1. The summed E-state index contributed by atoms with van der Waals surface area (Å²) in [6.45, 7) is 0.388. The number of carbonyl (C=O) groups is 3. The molecule has 1 aliphatic rings. The van der Waals surface area contributed by atoms with Crippen molar-refractivity contribution in [2.45, 2.75) is 0 Å². The van der Waals surface area contributed by atoms with Crippen molar-refractivity contribution in [3.8, 4) is 6.07 Å². The van der Waals surface area contributed by atoms with Crippen LogP contribution >= 0.6 is 23.4 Å². The molecule has 1 aromatic rings. The second kappa shape index (κ2) is 8.41. The maximum atomic E-state index is 12.1. The van der Waals surface area contributed by atoms with Crippen LogP contribution in [0.2, 0.25) is 5.02 Å². The van der Waals surface area contributed by atoms with Gasteiger partial charge in [-0.1, -0.05) is 23.4 Å². The number of carbonyl (C=O) groups excluding carboxylic acids is 3. The second-order valence-corrected chi connectivity index (χ2v) is 6.25. The summed E-state index contributed by atoms with van der Waals surface area (Å²) in [5.41, 5.74) is 6.20. The number of benzene rings is 1. The van der Waals surface area contributed by atoms with Gasteiger partial charge in [-0.3, -0.25) is 19.3 Å². The molecule has 1 aliphatic heterocycles. The lowest BCUT2D eigenvalue weighted by molar-refractivity contribution is -0.124. The number of anilines is 2. The molecule has 4 N–H and O–H groups in total. The summed E-state index contributed by atoms with van der Waals surface area (Å²) in [4.78, 5) is 36.0. The maximum absolute atomic E-state index is 12.1. The maximum Gasteiger partial charge on any atom is 0.288 e. The minimum absolute atomic E-state index is 0.144. The van der Waals surface area contributed by atoms with Crippen molar-refractivity contribution < 1.29 is 14.4 Å². The molecular weight excluding hydrogens is 366 g/mol. The number of halogens is 1. The van der Waals surface area contributed by atoms with E-state index in [0.29, 0.717) is 11.4 Å². The van der Waals surface area contributed by atoms with E-state index in [1.54, 1.807) is 12.1 Å². The third kappa shape index (κ3) is 4.89. The molecule has 0 unspecified atom stereocenters. The Hall–Kier alpha value is -2.70. The molecule has 0 atom stereocenters. The zero-order chi connectivity index (χ0) is 18.4. The van der Waals surface area contributed by atoms with Crippen LogP contribution in [0, 0.1) is 11.3 Å². The van der Waals surface area contributed by atoms with Gasteiger partial charge in [-0.25, -0.2) is 0 Å². The van der Waals surface area contributed by atoms with Gasteiger partial charge < -0.3 is 16.4 Å². The zero-order valence-corrected chi connectivity index (χ0v) is 14.5. The first kappa shape index (κ1) is 18.6. The van der Waals surface area contributed by atoms with Gasteiger partial charge in [-0.2, -0.15) is 5.26 Å². The van der Waals surface area contributed by atoms with Gasteiger partial charge in [-0.15, -0.1) is 0 Å². The van der Waals surface area contributed by atoms with Gasteiger partial charge in [0.1, 0.15) is 11.6 Å². The van der Waals surface area contributed by atoms with Gasteiger partial charge in [0.2, 0.25) is 5.91 Å². The van der Waals surface area contributed by atoms with E-state index in [1.807, 2.05) is 0 Å². The van der Waals surface area contributed by atoms with Crippen LogP contribution in [0.3, 0.4) is 0 Å². The molecule has 10 heteroatoms. The first-order valence-electron chi connectivity index (χ1n) is 7.09. The highest BCUT2D eigenvalue weighted by molar-refractivity contribution is 8.14. The van der Waals surface area contributed by atoms with Crippen molar-refractivity contribution in [1.82, 2.24) is 10.2 Å². The number of nitriles is 1. The smallest absolute Gasteiger partial charge is 0.288 e. The average Bonchev–Trinajstić information content (AvgIpc) is 2.89. The van der Waals surface area contributed by atoms with Gasteiger partial charge >= 0.3 is 0 Å². The molecule has 1 heterocycles. The Labute approximate surface area is 153 Å². The van der Waals surface area contributed by atoms with E-state index in [4.69, 9.17) is 22.6 Å². The molecule has 0 saturated carbocycles. The summed E-state index contributed by atoms with van der Waals surface area (Å²) < 4.78 is 0. The van der Waals surface area contributed by atoms with Crippen LogP contribution in [0.5, 0.6) is 0 Å². The van der Waals surface area contributed by atoms with Crippen LogP contribution in [0.15, 0.2) is 30.0 Å². The standard InChI is InChI=1S/C15H14ClN5O3S/c16-11-5-10(1-2-12(11)18)20-14(23)9(6-17)7-19-3-4-21-13(22)8-25-15(21)24/h1-2,5,7,19H,3-4,8,18H2,(H,20,23)/b9-7-. The van der Waals surface area contributed by atoms with Crippen LogP contribution in [0.4, 0.5) is 16.2 Å². The molecule has 0 aromatic heterocycles. The molecule has 2 rings (SSSR count). The van der Waals surface area contributed by atoms with E-state index in [-0.39, 0.29) is 40.6 Å². The number of hydrogen-bond acceptors (Lipinski definition) is 7. The molecular formula is C15H14ClN5O3S. The van der Waals surface area contributed by atoms with E-state index < -0.39 is 5.91 Å². The lowest BCUT2D eigenvalue weighted by Crippen LogP contribution is -2.34. The topological polar surface area (TPSA) is 128 Å². The minimum Gasteiger partial charge on any atom is -0.398 e. The zero-order valence-electron chi connectivity index (χ0n) is 12.9. The van der Waals surface area contributed by atoms with Gasteiger partial charge in [0.05, 0.1) is 16.5 Å². The Morgan fingerprint density at radius 3 is 2.84 bits per heavy atom. The Kier molecular flexibility index (Phi) is 6.27. The Morgan fingerprint density at radius 2 is 2.24 bits per heavy atom. The van der Waals surface area contributed by atoms with Crippen LogP contribution in [0.1, 0.15) is 0 Å². The number of nitrogens with one attached hydrogen (secondary N) is 2. The number of imide groups is 1. The summed E-state index contributed by atoms with van der Waals surface area (Å²) in [5, 5.41) is 14.3. The van der Waals surface area contributed by atoms with Crippen molar-refractivity contribution in [2.75, 3.05) is 29.9 Å². The predicted octanol–water partition coefficient (Wildman–Crippen LogP) is 1.55. The van der Waals surface area contributed by atoms with E-state index in [9.17, 15) is 14.4 Å². The quantitative estimate of drug-likeness (QED) is 0.296. The highest BCUT2D eigenvalue weighted by Crippen LogP contribution is 2.22. The molecule has 3 amide bonds. The van der Waals surface area contributed by atoms with Crippen LogP contribution in [-0.4, -0.2) is 40.8 Å². The van der Waals surface area contributed by atoms with Gasteiger partial charge in [0, 0.05) is 25.0 Å². The Bertz CT molecular complexity index is 774. The van der Waals surface area contributed by atoms with E-state index >= 15 is 0 Å². The molecule has 1 saturated heterocycles. The highest BCUT2D eigenvalue weighted by Gasteiger charge is 2.28. The number of nitrogens with two attached hydrogens (primary N) is 1. The van der Waals surface area contributed by atoms with Crippen molar-refractivity contribution in [1.29, 1.82) is 5.26 Å². The summed E-state index contributed by atoms with van der Waals surface area (Å²) >= 11 is 6.82. The number of hydrogen-bond donors (Lipinski definition) is 3. The fraction of sp³-hybridized carbons (Fsp3) is 0.200. The summed E-state index contributed by atoms with van der Waals surface area (Å²) in [6, 6.07) is 6.34. The fourth-order valence-corrected chi connectivity index (χ4v) is 2.83. The third-order valence-electron chi connectivity index (χ3n) is 3.19. The molecule has 25 heavy (non-hydrogen) atoms. The summed E-state index contributed by atoms with van der Waals surface area (Å²) in [5.74, 6) is -0.732. The first-order chi connectivity index (χ1) is 11.9. The first-order valence-corrected chi connectivity index (χ1v) is 8.46. The van der Waals surface area contributed by atoms with Crippen LogP contribution < -0.4 is 16.4 Å². The fourth-order valence-electron chi connectivity index (χ4n) is 1.90. The van der Waals surface area contributed by atoms with Gasteiger partial charge in [-0.05, 0) is 18.2 Å². The Balaban J connectivity index is 1.89. The highest BCUT2D eigenvalue weighted by atomic mass is 35.5. The minimum atomic E-state index is -0.625. The molecule has 0 radical (unpaired) electrons. The van der Waals surface area contributed by atoms with E-state index in [0.717, 1.165) is 16.7 Å². The largest absolute Gasteiger partial charge is 0.398 e. The van der Waals surface area contributed by atoms with Crippen molar-refractivity contribution in [3.05, 3.63) is 35.0 Å². The second-order valence-electron chi connectivity index (χ2n) is 4.91. The van der Waals surface area contributed by atoms with E-state index in [1.165, 1.54) is 18.3 Å². The number of amides is 3. The molecule has 1 aromatic carbocycles. The normalized spacial score (nSPS) is 14.4. The molecule has 0 spiro atoms. The number of rotatable bonds is 6. The molecule has 130 valence electrons. The number of thioether (sulfide) groups is 1.